The van der Waals surface area contributed by atoms with Crippen molar-refractivity contribution in [3.8, 4) is 0 Å². The predicted molar refractivity (Wildman–Crippen MR) is 102 cm³/mol. The quantitative estimate of drug-likeness (QED) is 0.432. The SMILES string of the molecule is CC(=O)c1ccc(NC(=O)[C@@H](C)OC(=O)CCSc2ccccc2)cc1. The molecule has 1 atom stereocenters. The summed E-state index contributed by atoms with van der Waals surface area (Å²) >= 11 is 1.56. The summed E-state index contributed by atoms with van der Waals surface area (Å²) < 4.78 is 5.17. The van der Waals surface area contributed by atoms with Crippen LogP contribution in [-0.4, -0.2) is 29.5 Å². The van der Waals surface area contributed by atoms with Gasteiger partial charge < -0.3 is 10.1 Å². The zero-order valence-corrected chi connectivity index (χ0v) is 15.5. The molecule has 2 aromatic rings. The number of Topliss-reactive ketones (excluding diaryl/α,β-unsaturated/α-hetero) is 1. The molecule has 0 spiro atoms. The second kappa shape index (κ2) is 9.77. The normalized spacial score (nSPS) is 11.5. The van der Waals surface area contributed by atoms with Gasteiger partial charge in [-0.3, -0.25) is 14.4 Å². The van der Waals surface area contributed by atoms with Gasteiger partial charge in [0.05, 0.1) is 6.42 Å². The van der Waals surface area contributed by atoms with E-state index in [2.05, 4.69) is 5.32 Å². The van der Waals surface area contributed by atoms with Gasteiger partial charge >= 0.3 is 5.97 Å². The largest absolute Gasteiger partial charge is 0.453 e. The second-order valence-electron chi connectivity index (χ2n) is 5.67. The van der Waals surface area contributed by atoms with Crippen molar-refractivity contribution in [3.05, 3.63) is 60.2 Å². The van der Waals surface area contributed by atoms with E-state index in [1.807, 2.05) is 30.3 Å². The highest BCUT2D eigenvalue weighted by molar-refractivity contribution is 7.99. The van der Waals surface area contributed by atoms with Gasteiger partial charge in [-0.15, -0.1) is 11.8 Å². The van der Waals surface area contributed by atoms with Gasteiger partial charge in [-0.05, 0) is 50.2 Å². The Hall–Kier alpha value is -2.60. The number of benzene rings is 2. The Labute approximate surface area is 157 Å². The first kappa shape index (κ1) is 19.7. The van der Waals surface area contributed by atoms with E-state index < -0.39 is 18.0 Å². The summed E-state index contributed by atoms with van der Waals surface area (Å²) in [6.45, 7) is 3.01. The molecule has 1 N–H and O–H groups in total. The number of ether oxygens (including phenoxy) is 1. The van der Waals surface area contributed by atoms with Crippen molar-refractivity contribution >= 4 is 35.1 Å². The summed E-state index contributed by atoms with van der Waals surface area (Å²) in [6.07, 6.45) is -0.665. The van der Waals surface area contributed by atoms with Gasteiger partial charge in [-0.1, -0.05) is 18.2 Å². The fourth-order valence-corrected chi connectivity index (χ4v) is 2.96. The minimum Gasteiger partial charge on any atom is -0.453 e. The molecule has 0 aliphatic heterocycles. The number of hydrogen-bond acceptors (Lipinski definition) is 5. The molecule has 0 radical (unpaired) electrons. The predicted octanol–water partition coefficient (Wildman–Crippen LogP) is 3.94. The highest BCUT2D eigenvalue weighted by Gasteiger charge is 2.18. The zero-order chi connectivity index (χ0) is 18.9. The highest BCUT2D eigenvalue weighted by atomic mass is 32.2. The minimum absolute atomic E-state index is 0.0430. The number of amides is 1. The van der Waals surface area contributed by atoms with E-state index in [-0.39, 0.29) is 12.2 Å². The van der Waals surface area contributed by atoms with Crippen molar-refractivity contribution < 1.29 is 19.1 Å². The molecule has 0 saturated carbocycles. The maximum absolute atomic E-state index is 12.1. The molecule has 0 aliphatic carbocycles. The third kappa shape index (κ3) is 6.37. The van der Waals surface area contributed by atoms with Crippen molar-refractivity contribution in [3.63, 3.8) is 0 Å². The number of carbonyl (C=O) groups excluding carboxylic acids is 3. The maximum Gasteiger partial charge on any atom is 0.307 e. The van der Waals surface area contributed by atoms with E-state index in [1.54, 1.807) is 36.0 Å². The van der Waals surface area contributed by atoms with E-state index in [4.69, 9.17) is 4.74 Å². The summed E-state index contributed by atoms with van der Waals surface area (Å²) in [4.78, 5) is 36.3. The number of esters is 1. The molecule has 0 aliphatic rings. The number of ketones is 1. The fraction of sp³-hybridized carbons (Fsp3) is 0.250. The van der Waals surface area contributed by atoms with Gasteiger partial charge in [0.2, 0.25) is 0 Å². The van der Waals surface area contributed by atoms with Crippen LogP contribution in [0.25, 0.3) is 0 Å². The number of carbonyl (C=O) groups is 3. The molecule has 0 heterocycles. The molecule has 0 bridgehead atoms. The number of hydrogen-bond donors (Lipinski definition) is 1. The topological polar surface area (TPSA) is 72.5 Å². The van der Waals surface area contributed by atoms with E-state index in [1.165, 1.54) is 13.8 Å². The van der Waals surface area contributed by atoms with Gasteiger partial charge in [0.15, 0.2) is 11.9 Å². The summed E-state index contributed by atoms with van der Waals surface area (Å²) in [7, 11) is 0. The molecular weight excluding hydrogens is 350 g/mol. The molecular formula is C20H21NO4S. The first-order valence-electron chi connectivity index (χ1n) is 8.25. The van der Waals surface area contributed by atoms with Crippen molar-refractivity contribution in [2.24, 2.45) is 0 Å². The van der Waals surface area contributed by atoms with Crippen molar-refractivity contribution in [1.82, 2.24) is 0 Å². The summed E-state index contributed by atoms with van der Waals surface area (Å²) in [5.41, 5.74) is 1.11. The van der Waals surface area contributed by atoms with Crippen molar-refractivity contribution in [2.75, 3.05) is 11.1 Å². The van der Waals surface area contributed by atoms with E-state index >= 15 is 0 Å². The van der Waals surface area contributed by atoms with Crippen LogP contribution in [-0.2, 0) is 14.3 Å². The molecule has 0 fully saturated rings. The van der Waals surface area contributed by atoms with Crippen molar-refractivity contribution in [1.29, 1.82) is 0 Å². The standard InChI is InChI=1S/C20H21NO4S/c1-14(22)16-8-10-17(11-9-16)21-20(24)15(2)25-19(23)12-13-26-18-6-4-3-5-7-18/h3-11,15H,12-13H2,1-2H3,(H,21,24)/t15-/m1/s1. The average Bonchev–Trinajstić information content (AvgIpc) is 2.63. The van der Waals surface area contributed by atoms with Crippen LogP contribution in [0, 0.1) is 0 Å². The molecule has 0 saturated heterocycles. The summed E-state index contributed by atoms with van der Waals surface area (Å²) in [5.74, 6) is -0.282. The van der Waals surface area contributed by atoms with Crippen LogP contribution in [0.1, 0.15) is 30.6 Å². The molecule has 136 valence electrons. The van der Waals surface area contributed by atoms with Crippen LogP contribution in [0.4, 0.5) is 5.69 Å². The molecule has 26 heavy (non-hydrogen) atoms. The lowest BCUT2D eigenvalue weighted by molar-refractivity contribution is -0.152. The van der Waals surface area contributed by atoms with Crippen LogP contribution in [0.5, 0.6) is 0 Å². The number of nitrogens with one attached hydrogen (secondary N) is 1. The molecule has 1 amide bonds. The Kier molecular flexibility index (Phi) is 7.41. The number of thioether (sulfide) groups is 1. The minimum atomic E-state index is -0.892. The average molecular weight is 371 g/mol. The smallest absolute Gasteiger partial charge is 0.307 e. The van der Waals surface area contributed by atoms with Gasteiger partial charge in [-0.2, -0.15) is 0 Å². The van der Waals surface area contributed by atoms with Crippen molar-refractivity contribution in [2.45, 2.75) is 31.3 Å². The van der Waals surface area contributed by atoms with Crippen LogP contribution < -0.4 is 5.32 Å². The zero-order valence-electron chi connectivity index (χ0n) is 14.7. The Balaban J connectivity index is 1.75. The maximum atomic E-state index is 12.1. The van der Waals surface area contributed by atoms with Gasteiger partial charge in [0.1, 0.15) is 0 Å². The first-order chi connectivity index (χ1) is 12.5. The number of rotatable bonds is 8. The van der Waals surface area contributed by atoms with Gasteiger partial charge in [-0.25, -0.2) is 0 Å². The Bertz CT molecular complexity index is 759. The molecule has 0 aromatic heterocycles. The van der Waals surface area contributed by atoms with Crippen LogP contribution >= 0.6 is 11.8 Å². The second-order valence-corrected chi connectivity index (χ2v) is 6.83. The van der Waals surface area contributed by atoms with Gasteiger partial charge in [0, 0.05) is 21.9 Å². The van der Waals surface area contributed by atoms with Crippen LogP contribution in [0.2, 0.25) is 0 Å². The van der Waals surface area contributed by atoms with Crippen LogP contribution in [0.3, 0.4) is 0 Å². The summed E-state index contributed by atoms with van der Waals surface area (Å²) in [5, 5.41) is 2.66. The molecule has 2 aromatic carbocycles. The Morgan fingerprint density at radius 1 is 1.04 bits per heavy atom. The van der Waals surface area contributed by atoms with E-state index in [0.29, 0.717) is 17.0 Å². The Morgan fingerprint density at radius 3 is 2.31 bits per heavy atom. The molecule has 2 rings (SSSR count). The lowest BCUT2D eigenvalue weighted by atomic mass is 10.1. The fourth-order valence-electron chi connectivity index (χ4n) is 2.11. The first-order valence-corrected chi connectivity index (χ1v) is 9.23. The molecule has 0 unspecified atom stereocenters. The Morgan fingerprint density at radius 2 is 1.69 bits per heavy atom. The van der Waals surface area contributed by atoms with E-state index in [9.17, 15) is 14.4 Å². The molecule has 5 nitrogen and oxygen atoms in total. The summed E-state index contributed by atoms with van der Waals surface area (Å²) in [6, 6.07) is 16.3. The molecule has 6 heteroatoms. The lowest BCUT2D eigenvalue weighted by Crippen LogP contribution is -2.30. The van der Waals surface area contributed by atoms with Gasteiger partial charge in [0.25, 0.3) is 5.91 Å². The van der Waals surface area contributed by atoms with Crippen LogP contribution in [0.15, 0.2) is 59.5 Å². The third-order valence-electron chi connectivity index (χ3n) is 3.55. The lowest BCUT2D eigenvalue weighted by Gasteiger charge is -2.13. The number of anilines is 1. The monoisotopic (exact) mass is 371 g/mol. The highest BCUT2D eigenvalue weighted by Crippen LogP contribution is 2.18. The third-order valence-corrected chi connectivity index (χ3v) is 4.57. The van der Waals surface area contributed by atoms with E-state index in [0.717, 1.165) is 4.90 Å².